The van der Waals surface area contributed by atoms with Gasteiger partial charge in [0.15, 0.2) is 5.78 Å². The number of halogens is 1. The largest absolute Gasteiger partial charge is 0.365 e. The van der Waals surface area contributed by atoms with E-state index in [9.17, 15) is 14.4 Å². The van der Waals surface area contributed by atoms with Gasteiger partial charge in [-0.25, -0.2) is 0 Å². The van der Waals surface area contributed by atoms with E-state index in [-0.39, 0.29) is 23.8 Å². The number of carbonyl (C=O) groups is 2. The molecular weight excluding hydrogens is 560 g/mol. The number of carbonyl (C=O) groups excluding carboxylic acids is 2. The molecule has 11 heteroatoms. The van der Waals surface area contributed by atoms with Gasteiger partial charge in [0.2, 0.25) is 0 Å². The molecule has 5 rings (SSSR count). The van der Waals surface area contributed by atoms with E-state index in [4.69, 9.17) is 11.6 Å². The highest BCUT2D eigenvalue weighted by atomic mass is 35.5. The number of hydrogen-bond acceptors (Lipinski definition) is 8. The summed E-state index contributed by atoms with van der Waals surface area (Å²) in [6, 6.07) is 18.0. The monoisotopic (exact) mass is 586 g/mol. The fourth-order valence-corrected chi connectivity index (χ4v) is 5.19. The molecule has 0 radical (unpaired) electrons. The van der Waals surface area contributed by atoms with E-state index in [1.54, 1.807) is 24.4 Å². The number of nitrogens with zero attached hydrogens (tertiary/aromatic N) is 5. The SMILES string of the molecule is CC(C)(C)C(=O)n1nc(-c2cc(-c3ccccc3)c(=O)n(CC(=O)c3ccnnc3)c2)cc1NCc1ccc(Cl)s1. The van der Waals surface area contributed by atoms with Crippen molar-refractivity contribution in [3.63, 3.8) is 0 Å². The Kier molecular flexibility index (Phi) is 7.96. The molecule has 1 aromatic carbocycles. The Morgan fingerprint density at radius 3 is 2.44 bits per heavy atom. The third-order valence-electron chi connectivity index (χ3n) is 6.30. The van der Waals surface area contributed by atoms with Gasteiger partial charge >= 0.3 is 0 Å². The van der Waals surface area contributed by atoms with Crippen molar-refractivity contribution in [2.24, 2.45) is 5.41 Å². The van der Waals surface area contributed by atoms with Gasteiger partial charge in [-0.15, -0.1) is 11.3 Å². The number of aromatic nitrogens is 5. The number of rotatable bonds is 8. The Morgan fingerprint density at radius 1 is 1.00 bits per heavy atom. The molecule has 0 aliphatic heterocycles. The summed E-state index contributed by atoms with van der Waals surface area (Å²) >= 11 is 7.54. The molecule has 41 heavy (non-hydrogen) atoms. The number of pyridine rings is 1. The Balaban J connectivity index is 1.60. The molecular formula is C30H27ClN6O3S. The number of ketones is 1. The summed E-state index contributed by atoms with van der Waals surface area (Å²) in [5.41, 5.74) is 1.47. The minimum absolute atomic E-state index is 0.201. The van der Waals surface area contributed by atoms with E-state index in [0.717, 1.165) is 4.88 Å². The minimum Gasteiger partial charge on any atom is -0.365 e. The van der Waals surface area contributed by atoms with Crippen LogP contribution in [-0.2, 0) is 13.1 Å². The van der Waals surface area contributed by atoms with Crippen molar-refractivity contribution in [2.45, 2.75) is 33.9 Å². The van der Waals surface area contributed by atoms with Gasteiger partial charge in [-0.3, -0.25) is 14.4 Å². The van der Waals surface area contributed by atoms with E-state index in [1.807, 2.05) is 63.2 Å². The summed E-state index contributed by atoms with van der Waals surface area (Å²) in [6.07, 6.45) is 4.39. The lowest BCUT2D eigenvalue weighted by molar-refractivity contribution is 0.0752. The molecule has 0 saturated carbocycles. The number of Topliss-reactive ketones (excluding diaryl/α,β-unsaturated/α-hetero) is 1. The first-order chi connectivity index (χ1) is 19.6. The number of thiophene rings is 1. The summed E-state index contributed by atoms with van der Waals surface area (Å²) in [7, 11) is 0. The number of anilines is 1. The van der Waals surface area contributed by atoms with Crippen LogP contribution in [0.1, 0.15) is 40.8 Å². The summed E-state index contributed by atoms with van der Waals surface area (Å²) < 4.78 is 3.40. The zero-order valence-corrected chi connectivity index (χ0v) is 24.2. The smallest absolute Gasteiger partial charge is 0.258 e. The lowest BCUT2D eigenvalue weighted by atomic mass is 9.96. The van der Waals surface area contributed by atoms with Gasteiger partial charge < -0.3 is 9.88 Å². The minimum atomic E-state index is -0.703. The molecule has 4 heterocycles. The maximum atomic E-state index is 13.6. The maximum Gasteiger partial charge on any atom is 0.258 e. The maximum absolute atomic E-state index is 13.6. The molecule has 0 atom stereocenters. The zero-order valence-electron chi connectivity index (χ0n) is 22.7. The van der Waals surface area contributed by atoms with Crippen molar-refractivity contribution in [3.8, 4) is 22.4 Å². The molecule has 0 fully saturated rings. The zero-order chi connectivity index (χ0) is 29.1. The molecule has 0 unspecified atom stereocenters. The van der Waals surface area contributed by atoms with Crippen LogP contribution in [0.3, 0.4) is 0 Å². The molecule has 208 valence electrons. The van der Waals surface area contributed by atoms with Gasteiger partial charge in [0, 0.05) is 39.2 Å². The summed E-state index contributed by atoms with van der Waals surface area (Å²) in [4.78, 5) is 41.0. The molecule has 4 aromatic heterocycles. The van der Waals surface area contributed by atoms with Crippen molar-refractivity contribution in [2.75, 3.05) is 5.32 Å². The highest BCUT2D eigenvalue weighted by Crippen LogP contribution is 2.29. The Morgan fingerprint density at radius 2 is 1.78 bits per heavy atom. The first-order valence-corrected chi connectivity index (χ1v) is 14.0. The normalized spacial score (nSPS) is 11.4. The molecule has 0 amide bonds. The van der Waals surface area contributed by atoms with E-state index in [1.165, 1.54) is 33.0 Å². The molecule has 0 bridgehead atoms. The van der Waals surface area contributed by atoms with Crippen molar-refractivity contribution in [1.29, 1.82) is 0 Å². The van der Waals surface area contributed by atoms with Crippen molar-refractivity contribution in [1.82, 2.24) is 24.5 Å². The van der Waals surface area contributed by atoms with Gasteiger partial charge in [0.05, 0.1) is 35.5 Å². The lowest BCUT2D eigenvalue weighted by Gasteiger charge is -2.18. The molecule has 1 N–H and O–H groups in total. The van der Waals surface area contributed by atoms with Gasteiger partial charge in [-0.05, 0) is 29.8 Å². The third kappa shape index (κ3) is 6.34. The number of nitrogens with one attached hydrogen (secondary N) is 1. The van der Waals surface area contributed by atoms with Crippen molar-refractivity contribution in [3.05, 3.63) is 104 Å². The van der Waals surface area contributed by atoms with Crippen LogP contribution in [-0.4, -0.2) is 36.2 Å². The fraction of sp³-hybridized carbons (Fsp3) is 0.200. The molecule has 0 aliphatic rings. The van der Waals surface area contributed by atoms with Crippen LogP contribution in [0.2, 0.25) is 4.34 Å². The fourth-order valence-electron chi connectivity index (χ4n) is 4.16. The number of hydrogen-bond donors (Lipinski definition) is 1. The third-order valence-corrected chi connectivity index (χ3v) is 7.53. The second kappa shape index (κ2) is 11.6. The van der Waals surface area contributed by atoms with Crippen LogP contribution in [0.15, 0.2) is 84.0 Å². The second-order valence-electron chi connectivity index (χ2n) is 10.4. The van der Waals surface area contributed by atoms with Crippen LogP contribution in [0, 0.1) is 5.41 Å². The molecule has 9 nitrogen and oxygen atoms in total. The average Bonchev–Trinajstić information content (AvgIpc) is 3.58. The van der Waals surface area contributed by atoms with Gasteiger partial charge in [0.25, 0.3) is 11.5 Å². The van der Waals surface area contributed by atoms with Crippen LogP contribution in [0.4, 0.5) is 5.82 Å². The highest BCUT2D eigenvalue weighted by molar-refractivity contribution is 7.16. The van der Waals surface area contributed by atoms with Gasteiger partial charge in [0.1, 0.15) is 5.82 Å². The molecule has 0 aliphatic carbocycles. The average molecular weight is 587 g/mol. The van der Waals surface area contributed by atoms with Crippen molar-refractivity contribution >= 4 is 40.4 Å². The Bertz CT molecular complexity index is 1770. The topological polar surface area (TPSA) is 112 Å². The van der Waals surface area contributed by atoms with Crippen LogP contribution in [0.5, 0.6) is 0 Å². The van der Waals surface area contributed by atoms with E-state index < -0.39 is 5.41 Å². The highest BCUT2D eigenvalue weighted by Gasteiger charge is 2.27. The van der Waals surface area contributed by atoms with Crippen LogP contribution < -0.4 is 10.9 Å². The quantitative estimate of drug-likeness (QED) is 0.220. The van der Waals surface area contributed by atoms with E-state index in [2.05, 4.69) is 20.6 Å². The molecule has 5 aromatic rings. The summed E-state index contributed by atoms with van der Waals surface area (Å²) in [5.74, 6) is 0.0124. The molecule has 0 spiro atoms. The summed E-state index contributed by atoms with van der Waals surface area (Å²) in [6.45, 7) is 5.72. The number of benzene rings is 1. The summed E-state index contributed by atoms with van der Waals surface area (Å²) in [5, 5.41) is 15.5. The molecule has 0 saturated heterocycles. The van der Waals surface area contributed by atoms with E-state index in [0.29, 0.717) is 44.6 Å². The standard InChI is InChI=1S/C30H27ClN6O3S/c1-30(2,3)29(40)37-27(32-16-22-9-10-26(31)41-22)14-24(35-37)21-13-23(19-7-5-4-6-8-19)28(39)36(17-21)18-25(38)20-11-12-33-34-15-20/h4-15,17,32H,16,18H2,1-3H3. The second-order valence-corrected chi connectivity index (χ2v) is 12.2. The van der Waals surface area contributed by atoms with Crippen LogP contribution >= 0.6 is 22.9 Å². The Hall–Kier alpha value is -4.41. The van der Waals surface area contributed by atoms with Gasteiger partial charge in [-0.2, -0.15) is 20.0 Å². The van der Waals surface area contributed by atoms with Gasteiger partial charge in [-0.1, -0.05) is 62.7 Å². The van der Waals surface area contributed by atoms with Crippen molar-refractivity contribution < 1.29 is 9.59 Å². The lowest BCUT2D eigenvalue weighted by Crippen LogP contribution is -2.29. The Labute approximate surface area is 245 Å². The predicted molar refractivity (Wildman–Crippen MR) is 160 cm³/mol. The van der Waals surface area contributed by atoms with Crippen LogP contribution in [0.25, 0.3) is 22.4 Å². The first-order valence-electron chi connectivity index (χ1n) is 12.8. The van der Waals surface area contributed by atoms with E-state index >= 15 is 0 Å². The first kappa shape index (κ1) is 28.1. The predicted octanol–water partition coefficient (Wildman–Crippen LogP) is 6.07.